The van der Waals surface area contributed by atoms with Crippen LogP contribution in [0.1, 0.15) is 38.6 Å². The van der Waals surface area contributed by atoms with E-state index in [4.69, 9.17) is 0 Å². The van der Waals surface area contributed by atoms with Gasteiger partial charge in [0.15, 0.2) is 0 Å². The maximum Gasteiger partial charge on any atom is 0.204 e. The molecule has 3 rings (SSSR count). The first kappa shape index (κ1) is 13.2. The molecule has 0 aliphatic heterocycles. The lowest BCUT2D eigenvalue weighted by atomic mass is 10.2. The van der Waals surface area contributed by atoms with E-state index in [2.05, 4.69) is 27.7 Å². The summed E-state index contributed by atoms with van der Waals surface area (Å²) in [7, 11) is 0. The molecular formula is C15H21N5. The molecule has 1 N–H and O–H groups in total. The van der Waals surface area contributed by atoms with Crippen molar-refractivity contribution in [1.82, 2.24) is 25.5 Å². The number of hydrogen-bond acceptors (Lipinski definition) is 4. The van der Waals surface area contributed by atoms with Crippen molar-refractivity contribution in [3.05, 3.63) is 30.3 Å². The highest BCUT2D eigenvalue weighted by molar-refractivity contribution is 5.52. The summed E-state index contributed by atoms with van der Waals surface area (Å²) in [5, 5.41) is 16.4. The van der Waals surface area contributed by atoms with Gasteiger partial charge in [-0.1, -0.05) is 43.2 Å². The topological polar surface area (TPSA) is 55.6 Å². The Labute approximate surface area is 119 Å². The monoisotopic (exact) mass is 271 g/mol. The van der Waals surface area contributed by atoms with Gasteiger partial charge in [0.05, 0.1) is 6.04 Å². The summed E-state index contributed by atoms with van der Waals surface area (Å²) in [6.07, 6.45) is 5.30. The molecule has 1 aromatic carbocycles. The number of hydrogen-bond donors (Lipinski definition) is 1. The van der Waals surface area contributed by atoms with Crippen LogP contribution in [0.15, 0.2) is 30.3 Å². The Morgan fingerprint density at radius 2 is 2.00 bits per heavy atom. The fourth-order valence-electron chi connectivity index (χ4n) is 2.66. The first-order valence-electron chi connectivity index (χ1n) is 7.41. The van der Waals surface area contributed by atoms with E-state index in [9.17, 15) is 0 Å². The summed E-state index contributed by atoms with van der Waals surface area (Å²) in [6, 6.07) is 10.9. The summed E-state index contributed by atoms with van der Waals surface area (Å²) >= 11 is 0. The second kappa shape index (κ2) is 6.13. The van der Waals surface area contributed by atoms with Crippen LogP contribution < -0.4 is 5.32 Å². The molecular weight excluding hydrogens is 250 g/mol. The first-order chi connectivity index (χ1) is 9.83. The molecule has 1 unspecified atom stereocenters. The highest BCUT2D eigenvalue weighted by atomic mass is 15.6. The molecule has 0 bridgehead atoms. The van der Waals surface area contributed by atoms with Crippen LogP contribution in [0.2, 0.25) is 0 Å². The number of tetrazole rings is 1. The van der Waals surface area contributed by atoms with Gasteiger partial charge in [0.1, 0.15) is 0 Å². The molecule has 20 heavy (non-hydrogen) atoms. The molecule has 1 fully saturated rings. The van der Waals surface area contributed by atoms with Gasteiger partial charge in [0.25, 0.3) is 0 Å². The van der Waals surface area contributed by atoms with E-state index in [1.807, 2.05) is 30.3 Å². The van der Waals surface area contributed by atoms with Gasteiger partial charge in [-0.3, -0.25) is 0 Å². The number of aromatic nitrogens is 4. The summed E-state index contributed by atoms with van der Waals surface area (Å²) < 4.78 is 0. The molecule has 106 valence electrons. The number of nitrogens with one attached hydrogen (secondary N) is 1. The van der Waals surface area contributed by atoms with E-state index in [0.29, 0.717) is 11.9 Å². The Morgan fingerprint density at radius 3 is 2.75 bits per heavy atom. The van der Waals surface area contributed by atoms with Gasteiger partial charge in [-0.15, -0.1) is 10.2 Å². The third kappa shape index (κ3) is 3.04. The van der Waals surface area contributed by atoms with Crippen LogP contribution in [0.25, 0.3) is 11.4 Å². The van der Waals surface area contributed by atoms with Crippen molar-refractivity contribution in [3.8, 4) is 11.4 Å². The van der Waals surface area contributed by atoms with E-state index in [1.54, 1.807) is 4.80 Å². The minimum absolute atomic E-state index is 0.223. The molecule has 1 heterocycles. The highest BCUT2D eigenvalue weighted by Gasteiger charge is 2.16. The Balaban J connectivity index is 1.61. The summed E-state index contributed by atoms with van der Waals surface area (Å²) in [6.45, 7) is 3.02. The smallest absolute Gasteiger partial charge is 0.204 e. The van der Waals surface area contributed by atoms with Gasteiger partial charge < -0.3 is 5.32 Å². The van der Waals surface area contributed by atoms with Crippen LogP contribution in [-0.4, -0.2) is 32.8 Å². The van der Waals surface area contributed by atoms with Crippen LogP contribution in [0, 0.1) is 0 Å². The van der Waals surface area contributed by atoms with E-state index in [-0.39, 0.29) is 6.04 Å². The number of nitrogens with zero attached hydrogens (tertiary/aromatic N) is 4. The molecule has 1 atom stereocenters. The fraction of sp³-hybridized carbons (Fsp3) is 0.533. The van der Waals surface area contributed by atoms with Gasteiger partial charge in [-0.25, -0.2) is 0 Å². The summed E-state index contributed by atoms with van der Waals surface area (Å²) in [5.41, 5.74) is 1.01. The molecule has 1 aromatic heterocycles. The van der Waals surface area contributed by atoms with Crippen molar-refractivity contribution < 1.29 is 0 Å². The van der Waals surface area contributed by atoms with E-state index < -0.39 is 0 Å². The predicted octanol–water partition coefficient (Wildman–Crippen LogP) is 2.43. The van der Waals surface area contributed by atoms with Gasteiger partial charge in [0, 0.05) is 18.2 Å². The Morgan fingerprint density at radius 1 is 1.25 bits per heavy atom. The second-order valence-electron chi connectivity index (χ2n) is 5.54. The number of rotatable bonds is 5. The minimum atomic E-state index is 0.223. The fourth-order valence-corrected chi connectivity index (χ4v) is 2.66. The summed E-state index contributed by atoms with van der Waals surface area (Å²) in [4.78, 5) is 1.71. The van der Waals surface area contributed by atoms with Crippen LogP contribution in [0.5, 0.6) is 0 Å². The molecule has 5 heteroatoms. The van der Waals surface area contributed by atoms with Crippen molar-refractivity contribution in [1.29, 1.82) is 0 Å². The second-order valence-corrected chi connectivity index (χ2v) is 5.54. The van der Waals surface area contributed by atoms with Gasteiger partial charge >= 0.3 is 0 Å². The normalized spacial score (nSPS) is 17.4. The van der Waals surface area contributed by atoms with Crippen molar-refractivity contribution in [2.24, 2.45) is 0 Å². The van der Waals surface area contributed by atoms with Crippen molar-refractivity contribution in [2.45, 2.75) is 44.7 Å². The Bertz CT molecular complexity index is 530. The molecule has 1 aliphatic carbocycles. The zero-order valence-corrected chi connectivity index (χ0v) is 11.9. The molecule has 0 spiro atoms. The molecule has 5 nitrogen and oxygen atoms in total. The average molecular weight is 271 g/mol. The van der Waals surface area contributed by atoms with Gasteiger partial charge in [-0.05, 0) is 25.0 Å². The summed E-state index contributed by atoms with van der Waals surface area (Å²) in [5.74, 6) is 0.693. The Kier molecular flexibility index (Phi) is 4.06. The molecule has 0 saturated heterocycles. The van der Waals surface area contributed by atoms with Crippen LogP contribution in [0.4, 0.5) is 0 Å². The predicted molar refractivity (Wildman–Crippen MR) is 78.2 cm³/mol. The third-order valence-corrected chi connectivity index (χ3v) is 3.91. The van der Waals surface area contributed by atoms with E-state index in [1.165, 1.54) is 25.7 Å². The van der Waals surface area contributed by atoms with E-state index in [0.717, 1.165) is 12.1 Å². The molecule has 0 amide bonds. The minimum Gasteiger partial charge on any atom is -0.312 e. The van der Waals surface area contributed by atoms with Gasteiger partial charge in [0.2, 0.25) is 5.82 Å². The van der Waals surface area contributed by atoms with Crippen molar-refractivity contribution in [3.63, 3.8) is 0 Å². The molecule has 0 radical (unpaired) electrons. The zero-order valence-electron chi connectivity index (χ0n) is 11.9. The van der Waals surface area contributed by atoms with Crippen molar-refractivity contribution in [2.75, 3.05) is 6.54 Å². The van der Waals surface area contributed by atoms with Crippen LogP contribution in [0.3, 0.4) is 0 Å². The largest absolute Gasteiger partial charge is 0.312 e. The lowest BCUT2D eigenvalue weighted by Crippen LogP contribution is -2.32. The lowest BCUT2D eigenvalue weighted by molar-refractivity contribution is 0.377. The average Bonchev–Trinajstić information content (AvgIpc) is 3.17. The lowest BCUT2D eigenvalue weighted by Gasteiger charge is -2.15. The van der Waals surface area contributed by atoms with Crippen molar-refractivity contribution >= 4 is 0 Å². The molecule has 1 saturated carbocycles. The van der Waals surface area contributed by atoms with Crippen LogP contribution in [-0.2, 0) is 0 Å². The maximum absolute atomic E-state index is 4.48. The third-order valence-electron chi connectivity index (χ3n) is 3.91. The first-order valence-corrected chi connectivity index (χ1v) is 7.41. The quantitative estimate of drug-likeness (QED) is 0.907. The Hall–Kier alpha value is -1.75. The maximum atomic E-state index is 4.48. The molecule has 2 aromatic rings. The van der Waals surface area contributed by atoms with E-state index >= 15 is 0 Å². The SMILES string of the molecule is CC(CNC1CCCC1)n1nnc(-c2ccccc2)n1. The number of benzene rings is 1. The highest BCUT2D eigenvalue weighted by Crippen LogP contribution is 2.18. The molecule has 1 aliphatic rings. The standard InChI is InChI=1S/C15H21N5/c1-12(11-16-14-9-5-6-10-14)20-18-15(17-19-20)13-7-3-2-4-8-13/h2-4,7-8,12,14,16H,5-6,9-11H2,1H3. The van der Waals surface area contributed by atoms with Gasteiger partial charge in [-0.2, -0.15) is 4.80 Å². The zero-order chi connectivity index (χ0) is 13.8. The van der Waals surface area contributed by atoms with Crippen LogP contribution >= 0.6 is 0 Å².